The summed E-state index contributed by atoms with van der Waals surface area (Å²) in [5.41, 5.74) is 1.20. The summed E-state index contributed by atoms with van der Waals surface area (Å²) in [6.07, 6.45) is 0. The van der Waals surface area contributed by atoms with Gasteiger partial charge in [-0.3, -0.25) is 0 Å². The Bertz CT molecular complexity index is 579. The number of hydrogen-bond acceptors (Lipinski definition) is 6. The molecule has 2 heterocycles. The molecule has 21 heavy (non-hydrogen) atoms. The van der Waals surface area contributed by atoms with Crippen LogP contribution in [-0.4, -0.2) is 43.5 Å². The molecule has 2 aromatic rings. The van der Waals surface area contributed by atoms with Gasteiger partial charge in [0.15, 0.2) is 0 Å². The summed E-state index contributed by atoms with van der Waals surface area (Å²) in [6.45, 7) is 3.50. The van der Waals surface area contributed by atoms with Crippen molar-refractivity contribution in [3.8, 4) is 5.75 Å². The average Bonchev–Trinajstić information content (AvgIpc) is 3.04. The van der Waals surface area contributed by atoms with E-state index in [2.05, 4.69) is 32.1 Å². The highest BCUT2D eigenvalue weighted by atomic mass is 35.5. The van der Waals surface area contributed by atoms with E-state index in [1.54, 1.807) is 7.11 Å². The molecule has 7 heteroatoms. The molecule has 1 aliphatic heterocycles. The van der Waals surface area contributed by atoms with Crippen molar-refractivity contribution in [3.05, 3.63) is 30.2 Å². The number of rotatable bonds is 4. The van der Waals surface area contributed by atoms with Crippen molar-refractivity contribution < 1.29 is 9.15 Å². The first kappa shape index (κ1) is 14.0. The fourth-order valence-electron chi connectivity index (χ4n) is 2.38. The third-order valence-electron chi connectivity index (χ3n) is 3.56. The van der Waals surface area contributed by atoms with E-state index in [9.17, 15) is 0 Å². The highest BCUT2D eigenvalue weighted by Gasteiger charge is 2.21. The minimum Gasteiger partial charge on any atom is -0.497 e. The highest BCUT2D eigenvalue weighted by molar-refractivity contribution is 6.16. The lowest BCUT2D eigenvalue weighted by Gasteiger charge is -2.35. The van der Waals surface area contributed by atoms with Gasteiger partial charge in [-0.1, -0.05) is 5.10 Å². The van der Waals surface area contributed by atoms with Crippen molar-refractivity contribution >= 4 is 23.3 Å². The second kappa shape index (κ2) is 6.22. The number of ether oxygens (including phenoxy) is 1. The molecule has 1 aliphatic rings. The third-order valence-corrected chi connectivity index (χ3v) is 3.79. The predicted octanol–water partition coefficient (Wildman–Crippen LogP) is 2.14. The third kappa shape index (κ3) is 3.05. The molecule has 1 fully saturated rings. The lowest BCUT2D eigenvalue weighted by atomic mass is 10.2. The number of halogens is 1. The minimum absolute atomic E-state index is 0.249. The molecule has 0 bridgehead atoms. The summed E-state index contributed by atoms with van der Waals surface area (Å²) in [6, 6.07) is 8.67. The van der Waals surface area contributed by atoms with Crippen LogP contribution < -0.4 is 14.5 Å². The Morgan fingerprint density at radius 2 is 1.76 bits per heavy atom. The van der Waals surface area contributed by atoms with E-state index in [4.69, 9.17) is 20.8 Å². The van der Waals surface area contributed by atoms with Gasteiger partial charge >= 0.3 is 6.01 Å². The molecule has 0 saturated carbocycles. The standard InChI is InChI=1S/C14H17ClN4O2/c1-20-12-4-2-11(3-5-12)18-6-8-19(9-7-18)14-17-16-13(10-15)21-14/h2-5H,6-10H2,1H3. The molecule has 0 spiro atoms. The molecule has 0 atom stereocenters. The Morgan fingerprint density at radius 3 is 2.33 bits per heavy atom. The van der Waals surface area contributed by atoms with E-state index in [0.717, 1.165) is 31.9 Å². The largest absolute Gasteiger partial charge is 0.497 e. The van der Waals surface area contributed by atoms with Crippen LogP contribution in [0.25, 0.3) is 0 Å². The Morgan fingerprint density at radius 1 is 1.10 bits per heavy atom. The summed E-state index contributed by atoms with van der Waals surface area (Å²) in [4.78, 5) is 4.41. The van der Waals surface area contributed by atoms with Crippen molar-refractivity contribution in [1.29, 1.82) is 0 Å². The smallest absolute Gasteiger partial charge is 0.318 e. The van der Waals surface area contributed by atoms with E-state index < -0.39 is 0 Å². The van der Waals surface area contributed by atoms with Crippen molar-refractivity contribution in [2.75, 3.05) is 43.1 Å². The molecule has 1 aromatic carbocycles. The molecule has 3 rings (SSSR count). The van der Waals surface area contributed by atoms with Crippen LogP contribution in [0.1, 0.15) is 5.89 Å². The van der Waals surface area contributed by atoms with Crippen molar-refractivity contribution in [2.24, 2.45) is 0 Å². The van der Waals surface area contributed by atoms with Gasteiger partial charge in [-0.05, 0) is 24.3 Å². The zero-order valence-corrected chi connectivity index (χ0v) is 12.6. The second-order valence-corrected chi connectivity index (χ2v) is 5.05. The van der Waals surface area contributed by atoms with Gasteiger partial charge in [0, 0.05) is 31.9 Å². The van der Waals surface area contributed by atoms with Gasteiger partial charge in [-0.25, -0.2) is 0 Å². The summed E-state index contributed by atoms with van der Waals surface area (Å²) in [7, 11) is 1.67. The van der Waals surface area contributed by atoms with Crippen LogP contribution in [-0.2, 0) is 5.88 Å². The van der Waals surface area contributed by atoms with Gasteiger partial charge in [-0.15, -0.1) is 16.7 Å². The molecule has 0 aliphatic carbocycles. The van der Waals surface area contributed by atoms with Crippen LogP contribution in [0, 0.1) is 0 Å². The maximum Gasteiger partial charge on any atom is 0.318 e. The molecule has 0 amide bonds. The van der Waals surface area contributed by atoms with Crippen LogP contribution in [0.3, 0.4) is 0 Å². The first-order valence-electron chi connectivity index (χ1n) is 6.82. The number of benzene rings is 1. The van der Waals surface area contributed by atoms with Crippen molar-refractivity contribution in [3.63, 3.8) is 0 Å². The maximum absolute atomic E-state index is 5.67. The molecular formula is C14H17ClN4O2. The van der Waals surface area contributed by atoms with Crippen LogP contribution >= 0.6 is 11.6 Å². The quantitative estimate of drug-likeness (QED) is 0.807. The Hall–Kier alpha value is -1.95. The van der Waals surface area contributed by atoms with E-state index >= 15 is 0 Å². The van der Waals surface area contributed by atoms with Crippen molar-refractivity contribution in [2.45, 2.75) is 5.88 Å². The van der Waals surface area contributed by atoms with E-state index in [0.29, 0.717) is 11.9 Å². The maximum atomic E-state index is 5.67. The summed E-state index contributed by atoms with van der Waals surface area (Å²) >= 11 is 5.67. The van der Waals surface area contributed by atoms with Crippen LogP contribution in [0.4, 0.5) is 11.7 Å². The van der Waals surface area contributed by atoms with Crippen molar-refractivity contribution in [1.82, 2.24) is 10.2 Å². The van der Waals surface area contributed by atoms with Crippen LogP contribution in [0.2, 0.25) is 0 Å². The first-order valence-corrected chi connectivity index (χ1v) is 7.36. The Kier molecular flexibility index (Phi) is 4.15. The lowest BCUT2D eigenvalue weighted by Crippen LogP contribution is -2.46. The number of piperazine rings is 1. The molecule has 0 unspecified atom stereocenters. The number of hydrogen-bond donors (Lipinski definition) is 0. The molecule has 0 N–H and O–H groups in total. The number of nitrogens with zero attached hydrogens (tertiary/aromatic N) is 4. The Balaban J connectivity index is 1.61. The fourth-order valence-corrected chi connectivity index (χ4v) is 2.48. The summed E-state index contributed by atoms with van der Waals surface area (Å²) in [5, 5.41) is 7.91. The minimum atomic E-state index is 0.249. The van der Waals surface area contributed by atoms with Gasteiger partial charge < -0.3 is 19.0 Å². The zero-order chi connectivity index (χ0) is 14.7. The zero-order valence-electron chi connectivity index (χ0n) is 11.8. The van der Waals surface area contributed by atoms with Gasteiger partial charge in [0.25, 0.3) is 0 Å². The molecule has 0 radical (unpaired) electrons. The number of anilines is 2. The van der Waals surface area contributed by atoms with Gasteiger partial charge in [-0.2, -0.15) is 0 Å². The van der Waals surface area contributed by atoms with E-state index in [1.807, 2.05) is 12.1 Å². The summed E-state index contributed by atoms with van der Waals surface area (Å²) in [5.74, 6) is 1.58. The van der Waals surface area contributed by atoms with E-state index in [1.165, 1.54) is 5.69 Å². The van der Waals surface area contributed by atoms with Crippen LogP contribution in [0.5, 0.6) is 5.75 Å². The second-order valence-electron chi connectivity index (χ2n) is 4.78. The normalized spacial score (nSPS) is 15.3. The number of methoxy groups -OCH3 is 1. The highest BCUT2D eigenvalue weighted by Crippen LogP contribution is 2.22. The summed E-state index contributed by atoms with van der Waals surface area (Å²) < 4.78 is 10.7. The van der Waals surface area contributed by atoms with Gasteiger partial charge in [0.1, 0.15) is 11.6 Å². The number of aromatic nitrogens is 2. The van der Waals surface area contributed by atoms with Crippen LogP contribution in [0.15, 0.2) is 28.7 Å². The molecule has 1 aromatic heterocycles. The van der Waals surface area contributed by atoms with Gasteiger partial charge in [0.2, 0.25) is 5.89 Å². The monoisotopic (exact) mass is 308 g/mol. The van der Waals surface area contributed by atoms with Gasteiger partial charge in [0.05, 0.1) is 7.11 Å². The molecular weight excluding hydrogens is 292 g/mol. The first-order chi connectivity index (χ1) is 10.3. The Labute approximate surface area is 128 Å². The lowest BCUT2D eigenvalue weighted by molar-refractivity contribution is 0.415. The SMILES string of the molecule is COc1ccc(N2CCN(c3nnc(CCl)o3)CC2)cc1. The molecule has 6 nitrogen and oxygen atoms in total. The number of alkyl halides is 1. The fraction of sp³-hybridized carbons (Fsp3) is 0.429. The topological polar surface area (TPSA) is 54.6 Å². The molecule has 1 saturated heterocycles. The average molecular weight is 309 g/mol. The van der Waals surface area contributed by atoms with E-state index in [-0.39, 0.29) is 5.88 Å². The predicted molar refractivity (Wildman–Crippen MR) is 81.3 cm³/mol. The molecule has 112 valence electrons.